The summed E-state index contributed by atoms with van der Waals surface area (Å²) in [6, 6.07) is 8.10. The molecule has 2 unspecified atom stereocenters. The molecular weight excluding hydrogens is 472 g/mol. The van der Waals surface area contributed by atoms with E-state index in [4.69, 9.17) is 23.5 Å². The van der Waals surface area contributed by atoms with Gasteiger partial charge in [0.05, 0.1) is 34.1 Å². The van der Waals surface area contributed by atoms with E-state index in [0.29, 0.717) is 40.1 Å². The highest BCUT2D eigenvalue weighted by Crippen LogP contribution is 2.37. The van der Waals surface area contributed by atoms with E-state index in [1.54, 1.807) is 43.5 Å². The summed E-state index contributed by atoms with van der Waals surface area (Å²) in [6.07, 6.45) is 0. The summed E-state index contributed by atoms with van der Waals surface area (Å²) in [6.45, 7) is -0.0102. The van der Waals surface area contributed by atoms with Gasteiger partial charge >= 0.3 is 0 Å². The first-order valence-electron chi connectivity index (χ1n) is 10.8. The fourth-order valence-electron chi connectivity index (χ4n) is 4.12. The van der Waals surface area contributed by atoms with Crippen LogP contribution in [0.1, 0.15) is 5.89 Å². The lowest BCUT2D eigenvalue weighted by atomic mass is 10.1. The molecule has 0 N–H and O–H groups in total. The first kappa shape index (κ1) is 23.1. The topological polar surface area (TPSA) is 141 Å². The van der Waals surface area contributed by atoms with E-state index in [0.717, 1.165) is 4.90 Å². The summed E-state index contributed by atoms with van der Waals surface area (Å²) in [5.74, 6) is 1.51. The van der Waals surface area contributed by atoms with Gasteiger partial charge in [-0.3, -0.25) is 14.6 Å². The van der Waals surface area contributed by atoms with Crippen LogP contribution in [0.3, 0.4) is 0 Å². The van der Waals surface area contributed by atoms with Crippen LogP contribution in [0.25, 0.3) is 11.4 Å². The Morgan fingerprint density at radius 2 is 1.53 bits per heavy atom. The minimum atomic E-state index is -0.973. The van der Waals surface area contributed by atoms with Crippen molar-refractivity contribution >= 4 is 17.5 Å². The van der Waals surface area contributed by atoms with Crippen LogP contribution in [0, 0.1) is 0 Å². The Bertz CT molecular complexity index is 1360. The number of hydrogen-bond acceptors (Lipinski definition) is 12. The number of anilines is 1. The molecule has 0 spiro atoms. The maximum atomic E-state index is 13.3. The summed E-state index contributed by atoms with van der Waals surface area (Å²) in [7, 11) is 6.05. The van der Waals surface area contributed by atoms with Crippen molar-refractivity contribution in [1.82, 2.24) is 15.1 Å². The zero-order chi connectivity index (χ0) is 25.4. The molecule has 0 aliphatic carbocycles. The molecule has 2 aliphatic rings. The Kier molecular flexibility index (Phi) is 5.88. The molecule has 2 aliphatic heterocycles. The van der Waals surface area contributed by atoms with Crippen molar-refractivity contribution in [2.75, 3.05) is 33.3 Å². The van der Waals surface area contributed by atoms with Gasteiger partial charge in [-0.25, -0.2) is 4.90 Å². The molecule has 2 aromatic carbocycles. The van der Waals surface area contributed by atoms with E-state index in [9.17, 15) is 9.59 Å². The second kappa shape index (κ2) is 9.17. The van der Waals surface area contributed by atoms with Crippen LogP contribution in [0.5, 0.6) is 23.0 Å². The highest BCUT2D eigenvalue weighted by Gasteiger charge is 2.55. The molecule has 186 valence electrons. The summed E-state index contributed by atoms with van der Waals surface area (Å²) in [5.41, 5.74) is 0.996. The second-order valence-corrected chi connectivity index (χ2v) is 7.82. The van der Waals surface area contributed by atoms with E-state index in [2.05, 4.69) is 20.5 Å². The van der Waals surface area contributed by atoms with Gasteiger partial charge < -0.3 is 23.5 Å². The van der Waals surface area contributed by atoms with Gasteiger partial charge in [-0.05, 0) is 30.3 Å². The third-order valence-electron chi connectivity index (χ3n) is 5.89. The van der Waals surface area contributed by atoms with Crippen molar-refractivity contribution < 1.29 is 33.1 Å². The quantitative estimate of drug-likeness (QED) is 0.428. The van der Waals surface area contributed by atoms with Crippen LogP contribution in [0.4, 0.5) is 5.69 Å². The summed E-state index contributed by atoms with van der Waals surface area (Å²) in [5, 5.41) is 13.4. The minimum Gasteiger partial charge on any atom is -0.493 e. The molecule has 0 radical (unpaired) electrons. The van der Waals surface area contributed by atoms with Gasteiger partial charge in [-0.1, -0.05) is 10.4 Å². The molecule has 3 heterocycles. The summed E-state index contributed by atoms with van der Waals surface area (Å²) >= 11 is 0. The van der Waals surface area contributed by atoms with Crippen molar-refractivity contribution in [1.29, 1.82) is 0 Å². The molecule has 1 aromatic heterocycles. The molecule has 13 heteroatoms. The Morgan fingerprint density at radius 1 is 0.861 bits per heavy atom. The van der Waals surface area contributed by atoms with Gasteiger partial charge in [0.2, 0.25) is 11.7 Å². The molecule has 0 bridgehead atoms. The first-order valence-corrected chi connectivity index (χ1v) is 10.8. The number of rotatable bonds is 8. The third-order valence-corrected chi connectivity index (χ3v) is 5.89. The maximum Gasteiger partial charge on any atom is 0.263 e. The predicted molar refractivity (Wildman–Crippen MR) is 123 cm³/mol. The zero-order valence-electron chi connectivity index (χ0n) is 19.9. The molecule has 0 saturated carbocycles. The van der Waals surface area contributed by atoms with E-state index in [1.165, 1.54) is 26.3 Å². The molecule has 3 aromatic rings. The summed E-state index contributed by atoms with van der Waals surface area (Å²) in [4.78, 5) is 31.8. The Morgan fingerprint density at radius 3 is 2.22 bits per heavy atom. The first-order chi connectivity index (χ1) is 17.5. The van der Waals surface area contributed by atoms with Crippen LogP contribution in [-0.2, 0) is 16.1 Å². The third kappa shape index (κ3) is 3.74. The van der Waals surface area contributed by atoms with Crippen LogP contribution < -0.4 is 23.8 Å². The molecule has 2 amide bonds. The Hall–Kier alpha value is -4.68. The number of amides is 2. The maximum absolute atomic E-state index is 13.3. The average Bonchev–Trinajstić information content (AvgIpc) is 3.61. The van der Waals surface area contributed by atoms with Crippen molar-refractivity contribution in [2.24, 2.45) is 10.3 Å². The van der Waals surface area contributed by atoms with Gasteiger partial charge in [-0.2, -0.15) is 10.1 Å². The highest BCUT2D eigenvalue weighted by molar-refractivity contribution is 6.25. The van der Waals surface area contributed by atoms with Crippen LogP contribution >= 0.6 is 0 Å². The molecule has 13 nitrogen and oxygen atoms in total. The number of carbonyl (C=O) groups is 2. The van der Waals surface area contributed by atoms with Gasteiger partial charge in [0.25, 0.3) is 11.8 Å². The summed E-state index contributed by atoms with van der Waals surface area (Å²) < 4.78 is 26.5. The van der Waals surface area contributed by atoms with E-state index < -0.39 is 23.9 Å². The van der Waals surface area contributed by atoms with E-state index in [-0.39, 0.29) is 12.4 Å². The number of fused-ring (bicyclic) bond motifs is 1. The second-order valence-electron chi connectivity index (χ2n) is 7.82. The van der Waals surface area contributed by atoms with Gasteiger partial charge in [0.15, 0.2) is 35.1 Å². The number of nitrogens with zero attached hydrogens (tertiary/aromatic N) is 6. The van der Waals surface area contributed by atoms with Gasteiger partial charge in [0.1, 0.15) is 6.54 Å². The Labute approximate surface area is 205 Å². The molecular formula is C23H22N6O7. The lowest BCUT2D eigenvalue weighted by Gasteiger charge is -2.20. The average molecular weight is 494 g/mol. The number of hydrogen-bond donors (Lipinski definition) is 0. The van der Waals surface area contributed by atoms with E-state index >= 15 is 0 Å². The fourth-order valence-corrected chi connectivity index (χ4v) is 4.12. The molecule has 5 rings (SSSR count). The van der Waals surface area contributed by atoms with Crippen LogP contribution in [0.15, 0.2) is 51.3 Å². The number of imide groups is 1. The fraction of sp³-hybridized carbons (Fsp3) is 0.304. The van der Waals surface area contributed by atoms with E-state index in [1.807, 2.05) is 0 Å². The largest absolute Gasteiger partial charge is 0.493 e. The number of benzene rings is 2. The Balaban J connectivity index is 1.35. The lowest BCUT2D eigenvalue weighted by molar-refractivity contribution is -0.123. The monoisotopic (exact) mass is 494 g/mol. The van der Waals surface area contributed by atoms with Crippen molar-refractivity contribution in [3.05, 3.63) is 42.3 Å². The zero-order valence-corrected chi connectivity index (χ0v) is 19.9. The van der Waals surface area contributed by atoms with Crippen molar-refractivity contribution in [3.63, 3.8) is 0 Å². The van der Waals surface area contributed by atoms with Crippen molar-refractivity contribution in [2.45, 2.75) is 18.6 Å². The predicted octanol–water partition coefficient (Wildman–Crippen LogP) is 2.26. The van der Waals surface area contributed by atoms with Crippen LogP contribution in [0.2, 0.25) is 0 Å². The SMILES string of the molecule is COc1ccc(-c2noc(CN3N=NC4C(=O)N(c5ccc(OC)c(OC)c5)C(=O)C43)n2)cc1OC. The number of carbonyl (C=O) groups excluding carboxylic acids is 2. The molecule has 36 heavy (non-hydrogen) atoms. The number of aromatic nitrogens is 2. The van der Waals surface area contributed by atoms with Crippen molar-refractivity contribution in [3.8, 4) is 34.4 Å². The number of methoxy groups -OCH3 is 4. The molecule has 1 saturated heterocycles. The number of ether oxygens (including phenoxy) is 4. The highest BCUT2D eigenvalue weighted by atomic mass is 16.5. The standard InChI is InChI=1S/C23H22N6O7/c1-32-14-7-5-12(9-16(14)34-3)21-24-18(36-26-21)11-28-20-19(25-27-28)22(30)29(23(20)31)13-6-8-15(33-2)17(10-13)35-4/h5-10,19-20H,11H2,1-4H3. The van der Waals surface area contributed by atoms with Gasteiger partial charge in [0, 0.05) is 11.6 Å². The van der Waals surface area contributed by atoms with Gasteiger partial charge in [-0.15, -0.1) is 0 Å². The lowest BCUT2D eigenvalue weighted by Crippen LogP contribution is -2.39. The van der Waals surface area contributed by atoms with Crippen LogP contribution in [-0.4, -0.2) is 67.5 Å². The smallest absolute Gasteiger partial charge is 0.263 e. The molecule has 1 fully saturated rings. The minimum absolute atomic E-state index is 0.0102. The normalized spacial score (nSPS) is 18.6. The molecule has 2 atom stereocenters.